The van der Waals surface area contributed by atoms with Crippen LogP contribution in [0.1, 0.15) is 25.5 Å². The van der Waals surface area contributed by atoms with Gasteiger partial charge in [-0.15, -0.1) is 0 Å². The van der Waals surface area contributed by atoms with Gasteiger partial charge in [0.15, 0.2) is 0 Å². The van der Waals surface area contributed by atoms with E-state index in [1.807, 2.05) is 31.2 Å². The summed E-state index contributed by atoms with van der Waals surface area (Å²) in [6, 6.07) is 7.50. The third-order valence-corrected chi connectivity index (χ3v) is 1.65. The zero-order valence-corrected chi connectivity index (χ0v) is 7.45. The standard InChI is InChI=1S/C10H14O2/c1-3-12-10-6-4-5-9(7-10)8(2)11/h4-8,11H,3H2,1-2H3. The van der Waals surface area contributed by atoms with Gasteiger partial charge >= 0.3 is 0 Å². The molecule has 0 radical (unpaired) electrons. The molecular formula is C10H14O2. The SMILES string of the molecule is CCOc1cccc(C(C)O)c1. The molecule has 0 spiro atoms. The monoisotopic (exact) mass is 166 g/mol. The minimum absolute atomic E-state index is 0.426. The van der Waals surface area contributed by atoms with Gasteiger partial charge in [-0.05, 0) is 31.5 Å². The summed E-state index contributed by atoms with van der Waals surface area (Å²) in [6.07, 6.45) is -0.426. The van der Waals surface area contributed by atoms with Crippen molar-refractivity contribution < 1.29 is 9.84 Å². The molecule has 1 atom stereocenters. The Balaban J connectivity index is 2.81. The molecule has 0 saturated heterocycles. The number of ether oxygens (including phenoxy) is 1. The molecule has 1 aromatic carbocycles. The summed E-state index contributed by atoms with van der Waals surface area (Å²) in [6.45, 7) is 4.34. The molecule has 66 valence electrons. The van der Waals surface area contributed by atoms with Crippen molar-refractivity contribution >= 4 is 0 Å². The molecule has 0 aromatic heterocycles. The van der Waals surface area contributed by atoms with E-state index in [4.69, 9.17) is 4.74 Å². The lowest BCUT2D eigenvalue weighted by atomic mass is 10.1. The van der Waals surface area contributed by atoms with E-state index >= 15 is 0 Å². The number of hydrogen-bond donors (Lipinski definition) is 1. The first-order chi connectivity index (χ1) is 5.74. The van der Waals surface area contributed by atoms with Gasteiger partial charge in [0.05, 0.1) is 12.7 Å². The van der Waals surface area contributed by atoms with Crippen LogP contribution in [-0.4, -0.2) is 11.7 Å². The lowest BCUT2D eigenvalue weighted by Crippen LogP contribution is -1.94. The predicted molar refractivity (Wildman–Crippen MR) is 48.2 cm³/mol. The lowest BCUT2D eigenvalue weighted by molar-refractivity contribution is 0.198. The number of rotatable bonds is 3. The minimum Gasteiger partial charge on any atom is -0.494 e. The molecule has 2 nitrogen and oxygen atoms in total. The second-order valence-electron chi connectivity index (χ2n) is 2.68. The third-order valence-electron chi connectivity index (χ3n) is 1.65. The molecular weight excluding hydrogens is 152 g/mol. The van der Waals surface area contributed by atoms with Crippen molar-refractivity contribution in [2.45, 2.75) is 20.0 Å². The summed E-state index contributed by atoms with van der Waals surface area (Å²) in [4.78, 5) is 0. The maximum absolute atomic E-state index is 9.26. The van der Waals surface area contributed by atoms with Gasteiger partial charge in [0.1, 0.15) is 5.75 Å². The first-order valence-corrected chi connectivity index (χ1v) is 4.15. The molecule has 0 heterocycles. The highest BCUT2D eigenvalue weighted by molar-refractivity contribution is 5.29. The Labute approximate surface area is 72.8 Å². The Kier molecular flexibility index (Phi) is 3.11. The fourth-order valence-electron chi connectivity index (χ4n) is 1.03. The van der Waals surface area contributed by atoms with Crippen LogP contribution < -0.4 is 4.74 Å². The molecule has 0 aliphatic heterocycles. The number of aliphatic hydroxyl groups excluding tert-OH is 1. The van der Waals surface area contributed by atoms with E-state index in [-0.39, 0.29) is 0 Å². The van der Waals surface area contributed by atoms with Crippen molar-refractivity contribution in [1.82, 2.24) is 0 Å². The molecule has 0 amide bonds. The second kappa shape index (κ2) is 4.12. The Hall–Kier alpha value is -1.02. The average Bonchev–Trinajstić information content (AvgIpc) is 2.05. The number of benzene rings is 1. The summed E-state index contributed by atoms with van der Waals surface area (Å²) in [5.74, 6) is 0.816. The van der Waals surface area contributed by atoms with Crippen molar-refractivity contribution in [2.24, 2.45) is 0 Å². The molecule has 0 aliphatic carbocycles. The van der Waals surface area contributed by atoms with Crippen LogP contribution in [0.2, 0.25) is 0 Å². The summed E-state index contributed by atoms with van der Waals surface area (Å²) >= 11 is 0. The molecule has 2 heteroatoms. The van der Waals surface area contributed by atoms with E-state index in [1.54, 1.807) is 6.92 Å². The van der Waals surface area contributed by atoms with Crippen molar-refractivity contribution in [3.63, 3.8) is 0 Å². The van der Waals surface area contributed by atoms with Crippen LogP contribution in [0.3, 0.4) is 0 Å². The van der Waals surface area contributed by atoms with E-state index in [0.717, 1.165) is 11.3 Å². The zero-order valence-electron chi connectivity index (χ0n) is 7.45. The molecule has 12 heavy (non-hydrogen) atoms. The minimum atomic E-state index is -0.426. The van der Waals surface area contributed by atoms with E-state index in [2.05, 4.69) is 0 Å². The molecule has 1 aromatic rings. The summed E-state index contributed by atoms with van der Waals surface area (Å²) in [5, 5.41) is 9.26. The summed E-state index contributed by atoms with van der Waals surface area (Å²) in [7, 11) is 0. The highest BCUT2D eigenvalue weighted by Gasteiger charge is 2.00. The van der Waals surface area contributed by atoms with Gasteiger partial charge < -0.3 is 9.84 Å². The normalized spacial score (nSPS) is 12.6. The van der Waals surface area contributed by atoms with Gasteiger partial charge in [-0.1, -0.05) is 12.1 Å². The van der Waals surface area contributed by atoms with E-state index in [0.29, 0.717) is 6.61 Å². The van der Waals surface area contributed by atoms with E-state index < -0.39 is 6.10 Å². The second-order valence-corrected chi connectivity index (χ2v) is 2.68. The van der Waals surface area contributed by atoms with Gasteiger partial charge in [0, 0.05) is 0 Å². The van der Waals surface area contributed by atoms with Crippen molar-refractivity contribution in [3.05, 3.63) is 29.8 Å². The van der Waals surface area contributed by atoms with E-state index in [9.17, 15) is 5.11 Å². The molecule has 0 saturated carbocycles. The smallest absolute Gasteiger partial charge is 0.119 e. The first kappa shape index (κ1) is 9.07. The quantitative estimate of drug-likeness (QED) is 0.745. The fraction of sp³-hybridized carbons (Fsp3) is 0.400. The van der Waals surface area contributed by atoms with Crippen molar-refractivity contribution in [1.29, 1.82) is 0 Å². The fourth-order valence-corrected chi connectivity index (χ4v) is 1.03. The Morgan fingerprint density at radius 1 is 1.50 bits per heavy atom. The molecule has 0 bridgehead atoms. The maximum atomic E-state index is 9.26. The molecule has 1 rings (SSSR count). The van der Waals surface area contributed by atoms with Crippen LogP contribution in [-0.2, 0) is 0 Å². The summed E-state index contributed by atoms with van der Waals surface area (Å²) < 4.78 is 5.29. The highest BCUT2D eigenvalue weighted by Crippen LogP contribution is 2.18. The molecule has 0 fully saturated rings. The van der Waals surface area contributed by atoms with Crippen LogP contribution in [0.25, 0.3) is 0 Å². The van der Waals surface area contributed by atoms with Gasteiger partial charge in [-0.25, -0.2) is 0 Å². The average molecular weight is 166 g/mol. The zero-order chi connectivity index (χ0) is 8.97. The maximum Gasteiger partial charge on any atom is 0.119 e. The van der Waals surface area contributed by atoms with Crippen LogP contribution in [0.5, 0.6) is 5.75 Å². The van der Waals surface area contributed by atoms with Gasteiger partial charge in [-0.3, -0.25) is 0 Å². The van der Waals surface area contributed by atoms with Crippen molar-refractivity contribution in [2.75, 3.05) is 6.61 Å². The molecule has 0 aliphatic rings. The Bertz CT molecular complexity index is 243. The molecule has 1 unspecified atom stereocenters. The number of hydrogen-bond acceptors (Lipinski definition) is 2. The lowest BCUT2D eigenvalue weighted by Gasteiger charge is -2.07. The topological polar surface area (TPSA) is 29.5 Å². The highest BCUT2D eigenvalue weighted by atomic mass is 16.5. The van der Waals surface area contributed by atoms with E-state index in [1.165, 1.54) is 0 Å². The third kappa shape index (κ3) is 2.24. The first-order valence-electron chi connectivity index (χ1n) is 4.15. The van der Waals surface area contributed by atoms with Gasteiger partial charge in [0.2, 0.25) is 0 Å². The Morgan fingerprint density at radius 2 is 2.25 bits per heavy atom. The van der Waals surface area contributed by atoms with Gasteiger partial charge in [0.25, 0.3) is 0 Å². The van der Waals surface area contributed by atoms with Crippen LogP contribution in [0, 0.1) is 0 Å². The largest absolute Gasteiger partial charge is 0.494 e. The predicted octanol–water partition coefficient (Wildman–Crippen LogP) is 2.14. The van der Waals surface area contributed by atoms with Crippen LogP contribution >= 0.6 is 0 Å². The van der Waals surface area contributed by atoms with Gasteiger partial charge in [-0.2, -0.15) is 0 Å². The van der Waals surface area contributed by atoms with Crippen LogP contribution in [0.4, 0.5) is 0 Å². The summed E-state index contributed by atoms with van der Waals surface area (Å²) in [5.41, 5.74) is 0.890. The van der Waals surface area contributed by atoms with Crippen molar-refractivity contribution in [3.8, 4) is 5.75 Å². The number of aliphatic hydroxyl groups is 1. The van der Waals surface area contributed by atoms with Crippen LogP contribution in [0.15, 0.2) is 24.3 Å². The Morgan fingerprint density at radius 3 is 2.83 bits per heavy atom. The molecule has 1 N–H and O–H groups in total.